The quantitative estimate of drug-likeness (QED) is 0.797. The summed E-state index contributed by atoms with van der Waals surface area (Å²) in [5.41, 5.74) is 6.40. The minimum absolute atomic E-state index is 0.111. The van der Waals surface area contributed by atoms with Gasteiger partial charge in [0.2, 0.25) is 0 Å². The van der Waals surface area contributed by atoms with Gasteiger partial charge in [-0.25, -0.2) is 0 Å². The summed E-state index contributed by atoms with van der Waals surface area (Å²) in [7, 11) is 0. The smallest absolute Gasteiger partial charge is 0.0931 e. The van der Waals surface area contributed by atoms with Crippen molar-refractivity contribution >= 4 is 22.9 Å². The molecule has 4 heteroatoms. The molecule has 2 nitrogen and oxygen atoms in total. The van der Waals surface area contributed by atoms with E-state index in [2.05, 4.69) is 11.4 Å². The largest absolute Gasteiger partial charge is 0.325 e. The second-order valence-corrected chi connectivity index (χ2v) is 6.50. The molecule has 1 aliphatic rings. The van der Waals surface area contributed by atoms with Gasteiger partial charge >= 0.3 is 0 Å². The number of hydrogen-bond donors (Lipinski definition) is 2. The van der Waals surface area contributed by atoms with Gasteiger partial charge in [-0.1, -0.05) is 24.4 Å². The van der Waals surface area contributed by atoms with Crippen LogP contribution in [0.2, 0.25) is 4.34 Å². The summed E-state index contributed by atoms with van der Waals surface area (Å²) >= 11 is 7.51. The van der Waals surface area contributed by atoms with E-state index in [0.717, 1.165) is 23.8 Å². The zero-order valence-electron chi connectivity index (χ0n) is 9.47. The molecule has 1 fully saturated rings. The fourth-order valence-electron chi connectivity index (χ4n) is 2.32. The lowest BCUT2D eigenvalue weighted by Crippen LogP contribution is -2.39. The monoisotopic (exact) mass is 258 g/mol. The number of halogens is 1. The third-order valence-corrected chi connectivity index (χ3v) is 4.56. The fourth-order valence-corrected chi connectivity index (χ4v) is 3.38. The maximum absolute atomic E-state index is 6.28. The third-order valence-electron chi connectivity index (χ3n) is 3.33. The van der Waals surface area contributed by atoms with E-state index in [1.165, 1.54) is 30.6 Å². The highest BCUT2D eigenvalue weighted by Crippen LogP contribution is 2.29. The summed E-state index contributed by atoms with van der Waals surface area (Å²) in [6.45, 7) is 1.92. The molecule has 0 saturated heterocycles. The Balaban J connectivity index is 1.65. The molecule has 0 aromatic carbocycles. The predicted molar refractivity (Wildman–Crippen MR) is 71.0 cm³/mol. The van der Waals surface area contributed by atoms with E-state index in [4.69, 9.17) is 17.3 Å². The van der Waals surface area contributed by atoms with Crippen molar-refractivity contribution in [3.63, 3.8) is 0 Å². The second kappa shape index (κ2) is 5.50. The highest BCUT2D eigenvalue weighted by molar-refractivity contribution is 7.16. The normalized spacial score (nSPS) is 19.1. The number of nitrogens with one attached hydrogen (secondary N) is 1. The maximum atomic E-state index is 6.28. The minimum Gasteiger partial charge on any atom is -0.325 e. The van der Waals surface area contributed by atoms with Crippen molar-refractivity contribution in [1.82, 2.24) is 5.32 Å². The van der Waals surface area contributed by atoms with Crippen molar-refractivity contribution in [2.24, 2.45) is 5.73 Å². The molecule has 0 radical (unpaired) electrons. The van der Waals surface area contributed by atoms with Crippen LogP contribution in [0.4, 0.5) is 0 Å². The summed E-state index contributed by atoms with van der Waals surface area (Å²) < 4.78 is 0.864. The molecule has 90 valence electrons. The highest BCUT2D eigenvalue weighted by Gasteiger charge is 2.28. The first kappa shape index (κ1) is 12.4. The molecule has 16 heavy (non-hydrogen) atoms. The first-order valence-electron chi connectivity index (χ1n) is 5.92. The minimum atomic E-state index is 0.111. The zero-order chi connectivity index (χ0) is 11.4. The summed E-state index contributed by atoms with van der Waals surface area (Å²) in [5.74, 6) is 0. The van der Waals surface area contributed by atoms with Crippen LogP contribution in [0.3, 0.4) is 0 Å². The lowest BCUT2D eigenvalue weighted by atomic mass is 9.95. The SMILES string of the molecule is NC1(CCNCc2ccc(Cl)s2)CCCC1. The van der Waals surface area contributed by atoms with Crippen LogP contribution in [0.5, 0.6) is 0 Å². The Morgan fingerprint density at radius 1 is 1.38 bits per heavy atom. The van der Waals surface area contributed by atoms with E-state index in [1.807, 2.05) is 6.07 Å². The van der Waals surface area contributed by atoms with Gasteiger partial charge in [0.05, 0.1) is 4.34 Å². The van der Waals surface area contributed by atoms with Crippen molar-refractivity contribution in [3.05, 3.63) is 21.3 Å². The molecule has 0 unspecified atom stereocenters. The number of hydrogen-bond acceptors (Lipinski definition) is 3. The number of rotatable bonds is 5. The fraction of sp³-hybridized carbons (Fsp3) is 0.667. The number of nitrogens with two attached hydrogens (primary N) is 1. The molecule has 1 aromatic heterocycles. The molecule has 0 bridgehead atoms. The van der Waals surface area contributed by atoms with Crippen LogP contribution in [-0.4, -0.2) is 12.1 Å². The Morgan fingerprint density at radius 2 is 2.12 bits per heavy atom. The molecular formula is C12H19ClN2S. The van der Waals surface area contributed by atoms with Gasteiger partial charge in [0.1, 0.15) is 0 Å². The van der Waals surface area contributed by atoms with Gasteiger partial charge in [-0.2, -0.15) is 0 Å². The van der Waals surface area contributed by atoms with Crippen LogP contribution in [0.25, 0.3) is 0 Å². The Bertz CT molecular complexity index is 332. The van der Waals surface area contributed by atoms with Gasteiger partial charge in [-0.3, -0.25) is 0 Å². The van der Waals surface area contributed by atoms with Crippen molar-refractivity contribution < 1.29 is 0 Å². The van der Waals surface area contributed by atoms with Gasteiger partial charge < -0.3 is 11.1 Å². The van der Waals surface area contributed by atoms with Gasteiger partial charge in [0.25, 0.3) is 0 Å². The zero-order valence-corrected chi connectivity index (χ0v) is 11.0. The van der Waals surface area contributed by atoms with Gasteiger partial charge in [-0.05, 0) is 37.9 Å². The number of thiophene rings is 1. The standard InChI is InChI=1S/C12H19ClN2S/c13-11-4-3-10(16-11)9-15-8-7-12(14)5-1-2-6-12/h3-4,15H,1-2,5-9,14H2. The summed E-state index contributed by atoms with van der Waals surface area (Å²) in [4.78, 5) is 1.29. The van der Waals surface area contributed by atoms with E-state index < -0.39 is 0 Å². The van der Waals surface area contributed by atoms with E-state index in [9.17, 15) is 0 Å². The molecule has 1 aromatic rings. The van der Waals surface area contributed by atoms with Crippen LogP contribution in [0, 0.1) is 0 Å². The summed E-state index contributed by atoms with van der Waals surface area (Å²) in [5, 5.41) is 3.44. The average Bonchev–Trinajstić information content (AvgIpc) is 2.84. The molecule has 0 amide bonds. The molecule has 0 spiro atoms. The van der Waals surface area contributed by atoms with Gasteiger partial charge in [0, 0.05) is 17.0 Å². The van der Waals surface area contributed by atoms with Crippen molar-refractivity contribution in [3.8, 4) is 0 Å². The lowest BCUT2D eigenvalue weighted by molar-refractivity contribution is 0.394. The average molecular weight is 259 g/mol. The second-order valence-electron chi connectivity index (χ2n) is 4.70. The molecule has 1 aliphatic carbocycles. The van der Waals surface area contributed by atoms with Crippen LogP contribution >= 0.6 is 22.9 Å². The molecule has 1 saturated carbocycles. The molecule has 0 atom stereocenters. The maximum Gasteiger partial charge on any atom is 0.0931 e. The van der Waals surface area contributed by atoms with E-state index >= 15 is 0 Å². The lowest BCUT2D eigenvalue weighted by Gasteiger charge is -2.23. The van der Waals surface area contributed by atoms with Crippen LogP contribution < -0.4 is 11.1 Å². The van der Waals surface area contributed by atoms with E-state index in [0.29, 0.717) is 0 Å². The Kier molecular flexibility index (Phi) is 4.25. The summed E-state index contributed by atoms with van der Waals surface area (Å²) in [6, 6.07) is 4.03. The van der Waals surface area contributed by atoms with Crippen LogP contribution in [0.1, 0.15) is 37.0 Å². The summed E-state index contributed by atoms with van der Waals surface area (Å²) in [6.07, 6.45) is 6.08. The van der Waals surface area contributed by atoms with Crippen LogP contribution in [0.15, 0.2) is 12.1 Å². The van der Waals surface area contributed by atoms with Gasteiger partial charge in [0.15, 0.2) is 0 Å². The molecule has 2 rings (SSSR count). The Hall–Kier alpha value is -0.0900. The molecule has 0 aliphatic heterocycles. The Labute approximate surface area is 106 Å². The first-order valence-corrected chi connectivity index (χ1v) is 7.11. The molecule has 1 heterocycles. The van der Waals surface area contributed by atoms with E-state index in [-0.39, 0.29) is 5.54 Å². The van der Waals surface area contributed by atoms with Crippen LogP contribution in [-0.2, 0) is 6.54 Å². The van der Waals surface area contributed by atoms with E-state index in [1.54, 1.807) is 11.3 Å². The Morgan fingerprint density at radius 3 is 2.75 bits per heavy atom. The molecule has 3 N–H and O–H groups in total. The van der Waals surface area contributed by atoms with Crippen molar-refractivity contribution in [1.29, 1.82) is 0 Å². The topological polar surface area (TPSA) is 38.0 Å². The predicted octanol–water partition coefficient (Wildman–Crippen LogP) is 3.15. The van der Waals surface area contributed by atoms with Crippen molar-refractivity contribution in [2.75, 3.05) is 6.54 Å². The van der Waals surface area contributed by atoms with Gasteiger partial charge in [-0.15, -0.1) is 11.3 Å². The third kappa shape index (κ3) is 3.45. The molecular weight excluding hydrogens is 240 g/mol. The van der Waals surface area contributed by atoms with Crippen molar-refractivity contribution in [2.45, 2.75) is 44.2 Å². The highest BCUT2D eigenvalue weighted by atomic mass is 35.5. The first-order chi connectivity index (χ1) is 7.68.